The largest absolute Gasteiger partial charge is 0.419 e. The molecule has 142 valence electrons. The fourth-order valence-electron chi connectivity index (χ4n) is 3.57. The van der Waals surface area contributed by atoms with Gasteiger partial charge in [0.2, 0.25) is 5.91 Å². The highest BCUT2D eigenvalue weighted by molar-refractivity contribution is 6.17. The highest BCUT2D eigenvalue weighted by Gasteiger charge is 2.34. The van der Waals surface area contributed by atoms with Crippen molar-refractivity contribution >= 4 is 27.7 Å². The number of primary amides is 1. The van der Waals surface area contributed by atoms with Gasteiger partial charge in [0.05, 0.1) is 17.6 Å². The Hall–Kier alpha value is -3.35. The van der Waals surface area contributed by atoms with Crippen molar-refractivity contribution < 1.29 is 22.4 Å². The first-order chi connectivity index (χ1) is 13.3. The number of carbonyl (C=O) groups is 1. The van der Waals surface area contributed by atoms with Gasteiger partial charge in [-0.05, 0) is 24.3 Å². The molecule has 0 bridgehead atoms. The highest BCUT2D eigenvalue weighted by Crippen LogP contribution is 2.35. The van der Waals surface area contributed by atoms with Crippen LogP contribution in [0.1, 0.15) is 21.5 Å². The van der Waals surface area contributed by atoms with E-state index in [2.05, 4.69) is 0 Å². The lowest BCUT2D eigenvalue weighted by molar-refractivity contribution is -0.140. The van der Waals surface area contributed by atoms with Crippen molar-refractivity contribution in [1.29, 1.82) is 0 Å². The van der Waals surface area contributed by atoms with E-state index >= 15 is 0 Å². The van der Waals surface area contributed by atoms with Crippen LogP contribution in [0.2, 0.25) is 0 Å². The number of benzene rings is 3. The Balaban J connectivity index is 1.98. The van der Waals surface area contributed by atoms with E-state index in [1.165, 1.54) is 12.1 Å². The normalized spacial score (nSPS) is 12.0. The number of hydrogen-bond donors (Lipinski definition) is 1. The van der Waals surface area contributed by atoms with Gasteiger partial charge < -0.3 is 10.3 Å². The number of nitrogens with zero attached hydrogens (tertiary/aromatic N) is 1. The summed E-state index contributed by atoms with van der Waals surface area (Å²) in [6.45, 7) is -0.123. The van der Waals surface area contributed by atoms with Crippen LogP contribution in [-0.2, 0) is 12.7 Å². The minimum atomic E-state index is -4.78. The third-order valence-electron chi connectivity index (χ3n) is 4.78. The van der Waals surface area contributed by atoms with Gasteiger partial charge in [0.15, 0.2) is 0 Å². The second-order valence-electron chi connectivity index (χ2n) is 6.44. The van der Waals surface area contributed by atoms with Crippen LogP contribution in [0.5, 0.6) is 0 Å². The molecule has 1 aromatic heterocycles. The molecule has 0 aliphatic carbocycles. The Morgan fingerprint density at radius 3 is 2.32 bits per heavy atom. The number of hydrogen-bond acceptors (Lipinski definition) is 1. The Bertz CT molecular complexity index is 1220. The van der Waals surface area contributed by atoms with Crippen molar-refractivity contribution in [1.82, 2.24) is 4.57 Å². The third-order valence-corrected chi connectivity index (χ3v) is 4.78. The molecule has 1 amide bonds. The number of fused-ring (bicyclic) bond motifs is 3. The fraction of sp³-hybridized carbons (Fsp3) is 0.0952. The molecule has 2 N–H and O–H groups in total. The summed E-state index contributed by atoms with van der Waals surface area (Å²) < 4.78 is 55.4. The van der Waals surface area contributed by atoms with Gasteiger partial charge >= 0.3 is 6.18 Å². The lowest BCUT2D eigenvalue weighted by Crippen LogP contribution is -2.12. The zero-order chi connectivity index (χ0) is 20.1. The van der Waals surface area contributed by atoms with Gasteiger partial charge in [-0.2, -0.15) is 13.2 Å². The van der Waals surface area contributed by atoms with Crippen LogP contribution in [0, 0.1) is 5.82 Å². The van der Waals surface area contributed by atoms with Crippen LogP contribution in [0.4, 0.5) is 17.6 Å². The van der Waals surface area contributed by atoms with E-state index in [9.17, 15) is 22.4 Å². The first-order valence-corrected chi connectivity index (χ1v) is 8.43. The third kappa shape index (κ3) is 2.79. The summed E-state index contributed by atoms with van der Waals surface area (Å²) in [5.74, 6) is -1.91. The smallest absolute Gasteiger partial charge is 0.366 e. The minimum absolute atomic E-state index is 0.0954. The SMILES string of the molecule is NC(=O)c1cccc2c1c1ccccc1n2Cc1cccc(C(F)(F)F)c1F. The molecule has 0 aliphatic rings. The number of aromatic nitrogens is 1. The molecule has 28 heavy (non-hydrogen) atoms. The van der Waals surface area contributed by atoms with Crippen LogP contribution in [0.15, 0.2) is 60.7 Å². The summed E-state index contributed by atoms with van der Waals surface area (Å²) in [4.78, 5) is 11.9. The van der Waals surface area contributed by atoms with Crippen molar-refractivity contribution in [3.63, 3.8) is 0 Å². The zero-order valence-electron chi connectivity index (χ0n) is 14.4. The number of nitrogens with two attached hydrogens (primary N) is 1. The average molecular weight is 386 g/mol. The second-order valence-corrected chi connectivity index (χ2v) is 6.44. The summed E-state index contributed by atoms with van der Waals surface area (Å²) >= 11 is 0. The van der Waals surface area contributed by atoms with Crippen molar-refractivity contribution in [2.75, 3.05) is 0 Å². The van der Waals surface area contributed by atoms with Gasteiger partial charge in [-0.1, -0.05) is 36.4 Å². The lowest BCUT2D eigenvalue weighted by atomic mass is 10.1. The molecule has 0 atom stereocenters. The van der Waals surface area contributed by atoms with Gasteiger partial charge in [-0.25, -0.2) is 4.39 Å². The van der Waals surface area contributed by atoms with E-state index in [0.717, 1.165) is 11.5 Å². The summed E-state index contributed by atoms with van der Waals surface area (Å²) in [6, 6.07) is 15.3. The molecule has 7 heteroatoms. The summed E-state index contributed by atoms with van der Waals surface area (Å²) in [5.41, 5.74) is 5.66. The first-order valence-electron chi connectivity index (χ1n) is 8.43. The van der Waals surface area contributed by atoms with E-state index in [1.54, 1.807) is 47.0 Å². The molecule has 0 fully saturated rings. The van der Waals surface area contributed by atoms with E-state index in [-0.39, 0.29) is 12.1 Å². The van der Waals surface area contributed by atoms with E-state index in [1.807, 2.05) is 0 Å². The molecule has 0 aliphatic heterocycles. The highest BCUT2D eigenvalue weighted by atomic mass is 19.4. The summed E-state index contributed by atoms with van der Waals surface area (Å²) in [6.07, 6.45) is -4.78. The lowest BCUT2D eigenvalue weighted by Gasteiger charge is -2.13. The molecule has 0 saturated heterocycles. The maximum Gasteiger partial charge on any atom is 0.419 e. The predicted molar refractivity (Wildman–Crippen MR) is 98.5 cm³/mol. The Labute approximate surface area is 157 Å². The summed E-state index contributed by atoms with van der Waals surface area (Å²) in [5, 5.41) is 1.32. The van der Waals surface area contributed by atoms with Gasteiger partial charge in [0.1, 0.15) is 5.82 Å². The van der Waals surface area contributed by atoms with Crippen molar-refractivity contribution in [3.8, 4) is 0 Å². The van der Waals surface area contributed by atoms with Gasteiger partial charge in [0.25, 0.3) is 0 Å². The molecule has 0 spiro atoms. The predicted octanol–water partition coefficient (Wildman–Crippen LogP) is 5.10. The Morgan fingerprint density at radius 1 is 0.929 bits per heavy atom. The van der Waals surface area contributed by atoms with E-state index < -0.39 is 23.5 Å². The molecule has 3 nitrogen and oxygen atoms in total. The number of alkyl halides is 3. The number of para-hydroxylation sites is 1. The number of rotatable bonds is 3. The van der Waals surface area contributed by atoms with E-state index in [4.69, 9.17) is 5.73 Å². The summed E-state index contributed by atoms with van der Waals surface area (Å²) in [7, 11) is 0. The molecule has 0 saturated carbocycles. The number of halogens is 4. The average Bonchev–Trinajstić information content (AvgIpc) is 2.96. The monoisotopic (exact) mass is 386 g/mol. The minimum Gasteiger partial charge on any atom is -0.366 e. The fourth-order valence-corrected chi connectivity index (χ4v) is 3.57. The van der Waals surface area contributed by atoms with Crippen LogP contribution in [0.3, 0.4) is 0 Å². The van der Waals surface area contributed by atoms with Crippen LogP contribution < -0.4 is 5.73 Å². The molecule has 3 aromatic carbocycles. The standard InChI is InChI=1S/C21H14F4N2O/c22-19-12(5-3-8-15(19)21(23,24)25)11-27-16-9-2-1-6-13(16)18-14(20(26)28)7-4-10-17(18)27/h1-10H,11H2,(H2,26,28). The quantitative estimate of drug-likeness (QED) is 0.490. The molecule has 4 rings (SSSR count). The second kappa shape index (κ2) is 6.37. The Kier molecular flexibility index (Phi) is 4.10. The zero-order valence-corrected chi connectivity index (χ0v) is 14.4. The van der Waals surface area contributed by atoms with Crippen LogP contribution in [-0.4, -0.2) is 10.5 Å². The maximum absolute atomic E-state index is 14.6. The molecule has 1 heterocycles. The van der Waals surface area contributed by atoms with Crippen LogP contribution in [0.25, 0.3) is 21.8 Å². The van der Waals surface area contributed by atoms with Crippen LogP contribution >= 0.6 is 0 Å². The maximum atomic E-state index is 14.6. The van der Waals surface area contributed by atoms with E-state index in [0.29, 0.717) is 22.0 Å². The number of carbonyl (C=O) groups excluding carboxylic acids is 1. The van der Waals surface area contributed by atoms with Gasteiger partial charge in [-0.15, -0.1) is 0 Å². The number of amides is 1. The van der Waals surface area contributed by atoms with Crippen molar-refractivity contribution in [2.24, 2.45) is 5.73 Å². The van der Waals surface area contributed by atoms with Crippen molar-refractivity contribution in [3.05, 3.63) is 83.2 Å². The van der Waals surface area contributed by atoms with Gasteiger partial charge in [0, 0.05) is 27.4 Å². The first kappa shape index (κ1) is 18.0. The molecular formula is C21H14F4N2O. The molecule has 0 radical (unpaired) electrons. The Morgan fingerprint density at radius 2 is 1.61 bits per heavy atom. The van der Waals surface area contributed by atoms with Gasteiger partial charge in [-0.3, -0.25) is 4.79 Å². The molecular weight excluding hydrogens is 372 g/mol. The topological polar surface area (TPSA) is 48.0 Å². The molecule has 0 unspecified atom stereocenters. The molecule has 4 aromatic rings. The van der Waals surface area contributed by atoms with Crippen molar-refractivity contribution in [2.45, 2.75) is 12.7 Å².